The minimum atomic E-state index is -1.38. The molecule has 0 aromatic rings. The Balaban J connectivity index is 2.41. The van der Waals surface area contributed by atoms with Crippen LogP contribution in [-0.4, -0.2) is 5.13 Å². The lowest BCUT2D eigenvalue weighted by Gasteiger charge is -2.27. The first-order chi connectivity index (χ1) is 4.10. The Morgan fingerprint density at radius 1 is 1.67 bits per heavy atom. The lowest BCUT2D eigenvalue weighted by atomic mass is 9.89. The molecule has 1 fully saturated rings. The highest BCUT2D eigenvalue weighted by Gasteiger charge is 2.31. The van der Waals surface area contributed by atoms with Gasteiger partial charge in [0.15, 0.2) is 5.13 Å². The second kappa shape index (κ2) is 2.45. The number of alkyl halides is 2. The van der Waals surface area contributed by atoms with Gasteiger partial charge in [-0.1, -0.05) is 24.9 Å². The van der Waals surface area contributed by atoms with Gasteiger partial charge in [-0.05, 0) is 25.2 Å². The predicted molar refractivity (Wildman–Crippen MR) is 37.3 cm³/mol. The van der Waals surface area contributed by atoms with Gasteiger partial charge in [0.2, 0.25) is 0 Å². The average molecular weight is 151 g/mol. The van der Waals surface area contributed by atoms with Crippen molar-refractivity contribution in [2.75, 3.05) is 0 Å². The van der Waals surface area contributed by atoms with E-state index < -0.39 is 5.13 Å². The van der Waals surface area contributed by atoms with Crippen molar-refractivity contribution in [1.29, 1.82) is 0 Å². The highest BCUT2D eigenvalue weighted by molar-refractivity contribution is 6.22. The minimum Gasteiger partial charge on any atom is -0.226 e. The molecule has 0 spiro atoms. The molecule has 9 heavy (non-hydrogen) atoms. The largest absolute Gasteiger partial charge is 0.226 e. The molecule has 2 heteroatoms. The Kier molecular flexibility index (Phi) is 2.00. The van der Waals surface area contributed by atoms with Gasteiger partial charge in [-0.3, -0.25) is 0 Å². The van der Waals surface area contributed by atoms with Crippen LogP contribution in [0.4, 0.5) is 4.39 Å². The van der Waals surface area contributed by atoms with E-state index >= 15 is 0 Å². The van der Waals surface area contributed by atoms with Crippen molar-refractivity contribution < 1.29 is 4.39 Å². The van der Waals surface area contributed by atoms with Crippen LogP contribution in [0.15, 0.2) is 0 Å². The first-order valence-electron chi connectivity index (χ1n) is 3.48. The SMILES string of the molecule is C[C@H]1CCC[C@@](F)(Cl)C1. The molecule has 0 aromatic heterocycles. The van der Waals surface area contributed by atoms with Gasteiger partial charge in [-0.2, -0.15) is 0 Å². The highest BCUT2D eigenvalue weighted by atomic mass is 35.5. The molecule has 0 radical (unpaired) electrons. The molecule has 0 amide bonds. The molecule has 0 bridgehead atoms. The van der Waals surface area contributed by atoms with Gasteiger partial charge in [-0.15, -0.1) is 0 Å². The Labute approximate surface area is 60.4 Å². The normalized spacial score (nSPS) is 45.0. The summed E-state index contributed by atoms with van der Waals surface area (Å²) in [7, 11) is 0. The molecule has 0 unspecified atom stereocenters. The van der Waals surface area contributed by atoms with Crippen molar-refractivity contribution in [3.8, 4) is 0 Å². The first kappa shape index (κ1) is 7.33. The molecule has 1 aliphatic carbocycles. The fraction of sp³-hybridized carbons (Fsp3) is 1.00. The molecular formula is C7H12ClF. The molecular weight excluding hydrogens is 139 g/mol. The molecule has 0 N–H and O–H groups in total. The van der Waals surface area contributed by atoms with E-state index in [1.165, 1.54) is 0 Å². The molecule has 0 nitrogen and oxygen atoms in total. The molecule has 1 saturated carbocycles. The first-order valence-corrected chi connectivity index (χ1v) is 3.86. The van der Waals surface area contributed by atoms with Crippen LogP contribution in [0.2, 0.25) is 0 Å². The topological polar surface area (TPSA) is 0 Å². The van der Waals surface area contributed by atoms with Crippen LogP contribution in [0.25, 0.3) is 0 Å². The predicted octanol–water partition coefficient (Wildman–Crippen LogP) is 3.10. The van der Waals surface area contributed by atoms with E-state index in [0.29, 0.717) is 18.8 Å². The Bertz CT molecular complexity index is 101. The van der Waals surface area contributed by atoms with E-state index in [2.05, 4.69) is 6.92 Å². The summed E-state index contributed by atoms with van der Waals surface area (Å²) in [5.41, 5.74) is 0. The van der Waals surface area contributed by atoms with Gasteiger partial charge in [0, 0.05) is 0 Å². The maximum atomic E-state index is 12.9. The summed E-state index contributed by atoms with van der Waals surface area (Å²) in [4.78, 5) is 0. The summed E-state index contributed by atoms with van der Waals surface area (Å²) in [6.07, 6.45) is 3.16. The number of rotatable bonds is 0. The molecule has 0 heterocycles. The molecule has 0 saturated heterocycles. The summed E-state index contributed by atoms with van der Waals surface area (Å²) in [5.74, 6) is 0.473. The van der Waals surface area contributed by atoms with Crippen molar-refractivity contribution in [3.63, 3.8) is 0 Å². The highest BCUT2D eigenvalue weighted by Crippen LogP contribution is 2.37. The van der Waals surface area contributed by atoms with Crippen molar-refractivity contribution >= 4 is 11.6 Å². The van der Waals surface area contributed by atoms with E-state index in [0.717, 1.165) is 12.8 Å². The third-order valence-electron chi connectivity index (χ3n) is 1.89. The second-order valence-electron chi connectivity index (χ2n) is 3.06. The quantitative estimate of drug-likeness (QED) is 0.466. The molecule has 2 atom stereocenters. The molecule has 1 aliphatic rings. The van der Waals surface area contributed by atoms with Crippen LogP contribution in [0.1, 0.15) is 32.6 Å². The summed E-state index contributed by atoms with van der Waals surface area (Å²) in [6.45, 7) is 2.05. The fourth-order valence-electron chi connectivity index (χ4n) is 1.42. The number of hydrogen-bond acceptors (Lipinski definition) is 0. The lowest BCUT2D eigenvalue weighted by Crippen LogP contribution is -2.23. The average Bonchev–Trinajstić information content (AvgIpc) is 1.60. The van der Waals surface area contributed by atoms with E-state index in [1.807, 2.05) is 0 Å². The zero-order valence-corrected chi connectivity index (χ0v) is 6.42. The van der Waals surface area contributed by atoms with Crippen LogP contribution >= 0.6 is 11.6 Å². The third-order valence-corrected chi connectivity index (χ3v) is 2.23. The Hall–Kier alpha value is 0.220. The molecule has 54 valence electrons. The zero-order chi connectivity index (χ0) is 6.91. The lowest BCUT2D eigenvalue weighted by molar-refractivity contribution is 0.166. The van der Waals surface area contributed by atoms with Crippen LogP contribution in [-0.2, 0) is 0 Å². The fourth-order valence-corrected chi connectivity index (χ4v) is 1.82. The van der Waals surface area contributed by atoms with Crippen LogP contribution in [0.3, 0.4) is 0 Å². The number of halogens is 2. The summed E-state index contributed by atoms with van der Waals surface area (Å²) >= 11 is 5.50. The van der Waals surface area contributed by atoms with Crippen LogP contribution < -0.4 is 0 Å². The van der Waals surface area contributed by atoms with E-state index in [9.17, 15) is 4.39 Å². The van der Waals surface area contributed by atoms with Gasteiger partial charge in [0.1, 0.15) is 0 Å². The molecule has 0 aliphatic heterocycles. The molecule has 1 rings (SSSR count). The van der Waals surface area contributed by atoms with Crippen molar-refractivity contribution in [2.24, 2.45) is 5.92 Å². The van der Waals surface area contributed by atoms with Gasteiger partial charge in [-0.25, -0.2) is 4.39 Å². The summed E-state index contributed by atoms with van der Waals surface area (Å²) in [6, 6.07) is 0. The maximum absolute atomic E-state index is 12.9. The summed E-state index contributed by atoms with van der Waals surface area (Å²) < 4.78 is 12.9. The minimum absolute atomic E-state index is 0.473. The van der Waals surface area contributed by atoms with Crippen molar-refractivity contribution in [2.45, 2.75) is 37.7 Å². The van der Waals surface area contributed by atoms with Gasteiger partial charge in [0.25, 0.3) is 0 Å². The number of hydrogen-bond donors (Lipinski definition) is 0. The van der Waals surface area contributed by atoms with E-state index in [1.54, 1.807) is 0 Å². The summed E-state index contributed by atoms with van der Waals surface area (Å²) in [5, 5.41) is -1.38. The maximum Gasteiger partial charge on any atom is 0.183 e. The van der Waals surface area contributed by atoms with Crippen LogP contribution in [0.5, 0.6) is 0 Å². The van der Waals surface area contributed by atoms with Crippen molar-refractivity contribution in [1.82, 2.24) is 0 Å². The standard InChI is InChI=1S/C7H12ClF/c1-6-3-2-4-7(8,9)5-6/h6H,2-5H2,1H3/t6-,7-/m0/s1. The van der Waals surface area contributed by atoms with Gasteiger partial charge < -0.3 is 0 Å². The van der Waals surface area contributed by atoms with Gasteiger partial charge >= 0.3 is 0 Å². The monoisotopic (exact) mass is 150 g/mol. The van der Waals surface area contributed by atoms with E-state index in [-0.39, 0.29) is 0 Å². The zero-order valence-electron chi connectivity index (χ0n) is 5.66. The van der Waals surface area contributed by atoms with Crippen molar-refractivity contribution in [3.05, 3.63) is 0 Å². The smallest absolute Gasteiger partial charge is 0.183 e. The van der Waals surface area contributed by atoms with Crippen LogP contribution in [0, 0.1) is 5.92 Å². The van der Waals surface area contributed by atoms with E-state index in [4.69, 9.17) is 11.6 Å². The second-order valence-corrected chi connectivity index (χ2v) is 3.73. The third kappa shape index (κ3) is 2.13. The Morgan fingerprint density at radius 3 is 2.67 bits per heavy atom. The molecule has 0 aromatic carbocycles. The van der Waals surface area contributed by atoms with Gasteiger partial charge in [0.05, 0.1) is 0 Å². The Morgan fingerprint density at radius 2 is 2.33 bits per heavy atom.